The van der Waals surface area contributed by atoms with Gasteiger partial charge in [-0.25, -0.2) is 4.39 Å². The first kappa shape index (κ1) is 14.7. The van der Waals surface area contributed by atoms with Crippen LogP contribution in [0.3, 0.4) is 0 Å². The number of hydrogen-bond donors (Lipinski definition) is 0. The number of amides is 1. The van der Waals surface area contributed by atoms with E-state index in [1.165, 1.54) is 17.7 Å². The summed E-state index contributed by atoms with van der Waals surface area (Å²) < 4.78 is 13.0. The molecule has 0 spiro atoms. The Labute approximate surface area is 130 Å². The second-order valence-corrected chi connectivity index (χ2v) is 5.67. The molecule has 1 amide bonds. The Balaban J connectivity index is 1.78. The van der Waals surface area contributed by atoms with Crippen LogP contribution in [-0.4, -0.2) is 42.4 Å². The van der Waals surface area contributed by atoms with Crippen LogP contribution in [-0.2, 0) is 0 Å². The maximum Gasteiger partial charge on any atom is 0.253 e. The molecule has 1 fully saturated rings. The summed E-state index contributed by atoms with van der Waals surface area (Å²) in [5, 5.41) is 0. The fraction of sp³-hybridized carbons (Fsp3) is 0.278. The van der Waals surface area contributed by atoms with Gasteiger partial charge in [0.15, 0.2) is 0 Å². The van der Waals surface area contributed by atoms with Crippen LogP contribution in [0.4, 0.5) is 4.39 Å². The van der Waals surface area contributed by atoms with Crippen molar-refractivity contribution < 1.29 is 9.18 Å². The topological polar surface area (TPSA) is 23.6 Å². The maximum atomic E-state index is 13.0. The molecule has 1 heterocycles. The van der Waals surface area contributed by atoms with Gasteiger partial charge in [-0.05, 0) is 36.9 Å². The van der Waals surface area contributed by atoms with E-state index in [1.54, 1.807) is 12.1 Å². The van der Waals surface area contributed by atoms with Crippen molar-refractivity contribution in [3.63, 3.8) is 0 Å². The van der Waals surface area contributed by atoms with E-state index in [-0.39, 0.29) is 17.8 Å². The van der Waals surface area contributed by atoms with E-state index >= 15 is 0 Å². The minimum Gasteiger partial charge on any atom is -0.335 e. The summed E-state index contributed by atoms with van der Waals surface area (Å²) in [5.74, 6) is -0.355. The first-order valence-corrected chi connectivity index (χ1v) is 7.45. The zero-order valence-electron chi connectivity index (χ0n) is 12.6. The number of carbonyl (C=O) groups excluding carboxylic acids is 1. The lowest BCUT2D eigenvalue weighted by atomic mass is 10.0. The Morgan fingerprint density at radius 3 is 2.41 bits per heavy atom. The number of nitrogens with zero attached hydrogens (tertiary/aromatic N) is 2. The molecule has 1 aliphatic rings. The molecule has 2 aromatic carbocycles. The normalized spacial score (nSPS) is 19.2. The molecule has 0 radical (unpaired) electrons. The van der Waals surface area contributed by atoms with Crippen molar-refractivity contribution in [2.75, 3.05) is 26.7 Å². The van der Waals surface area contributed by atoms with Crippen molar-refractivity contribution in [3.05, 3.63) is 71.5 Å². The van der Waals surface area contributed by atoms with Gasteiger partial charge in [0.2, 0.25) is 0 Å². The van der Waals surface area contributed by atoms with Crippen LogP contribution >= 0.6 is 0 Å². The third-order valence-corrected chi connectivity index (χ3v) is 4.21. The van der Waals surface area contributed by atoms with Crippen molar-refractivity contribution in [1.29, 1.82) is 0 Å². The predicted molar refractivity (Wildman–Crippen MR) is 84.1 cm³/mol. The summed E-state index contributed by atoms with van der Waals surface area (Å²) in [6.45, 7) is 2.17. The van der Waals surface area contributed by atoms with E-state index < -0.39 is 0 Å². The average molecular weight is 298 g/mol. The molecule has 1 saturated heterocycles. The smallest absolute Gasteiger partial charge is 0.253 e. The molecule has 0 aromatic heterocycles. The second-order valence-electron chi connectivity index (χ2n) is 5.67. The Hall–Kier alpha value is -2.20. The van der Waals surface area contributed by atoms with E-state index in [1.807, 2.05) is 23.1 Å². The van der Waals surface area contributed by atoms with Gasteiger partial charge in [-0.15, -0.1) is 0 Å². The summed E-state index contributed by atoms with van der Waals surface area (Å²) in [6, 6.07) is 16.2. The van der Waals surface area contributed by atoms with Crippen LogP contribution < -0.4 is 0 Å². The molecule has 2 aromatic rings. The lowest BCUT2D eigenvalue weighted by Crippen LogP contribution is -2.49. The zero-order chi connectivity index (χ0) is 15.5. The number of benzene rings is 2. The molecular formula is C18H19FN2O. The monoisotopic (exact) mass is 298 g/mol. The van der Waals surface area contributed by atoms with Crippen molar-refractivity contribution in [1.82, 2.24) is 9.80 Å². The predicted octanol–water partition coefficient (Wildman–Crippen LogP) is 2.95. The molecule has 0 bridgehead atoms. The van der Waals surface area contributed by atoms with Crippen molar-refractivity contribution in [2.24, 2.45) is 0 Å². The third-order valence-electron chi connectivity index (χ3n) is 4.21. The van der Waals surface area contributed by atoms with Crippen LogP contribution in [0.25, 0.3) is 0 Å². The van der Waals surface area contributed by atoms with E-state index in [0.29, 0.717) is 18.7 Å². The minimum atomic E-state index is -0.322. The maximum absolute atomic E-state index is 13.0. The lowest BCUT2D eigenvalue weighted by Gasteiger charge is -2.39. The summed E-state index contributed by atoms with van der Waals surface area (Å²) >= 11 is 0. The number of piperazine rings is 1. The summed E-state index contributed by atoms with van der Waals surface area (Å²) in [4.78, 5) is 16.7. The van der Waals surface area contributed by atoms with E-state index in [0.717, 1.165) is 6.54 Å². The fourth-order valence-corrected chi connectivity index (χ4v) is 2.87. The molecular weight excluding hydrogens is 279 g/mol. The number of halogens is 1. The standard InChI is InChI=1S/C18H19FN2O/c1-20-11-12-21(13-17(20)14-5-3-2-4-6-14)18(22)15-7-9-16(19)10-8-15/h2-10,17H,11-13H2,1H3. The Kier molecular flexibility index (Phi) is 4.20. The molecule has 0 N–H and O–H groups in total. The van der Waals surface area contributed by atoms with Crippen LogP contribution in [0, 0.1) is 5.82 Å². The number of likely N-dealkylation sites (N-methyl/N-ethyl adjacent to an activating group) is 1. The summed E-state index contributed by atoms with van der Waals surface area (Å²) in [5.41, 5.74) is 1.75. The molecule has 0 saturated carbocycles. The molecule has 1 aliphatic heterocycles. The first-order valence-electron chi connectivity index (χ1n) is 7.45. The van der Waals surface area contributed by atoms with Gasteiger partial charge < -0.3 is 4.90 Å². The Morgan fingerprint density at radius 1 is 1.05 bits per heavy atom. The van der Waals surface area contributed by atoms with Crippen molar-refractivity contribution in [2.45, 2.75) is 6.04 Å². The first-order chi connectivity index (χ1) is 10.6. The summed E-state index contributed by atoms with van der Waals surface area (Å²) in [7, 11) is 2.08. The van der Waals surface area contributed by atoms with Crippen LogP contribution in [0.1, 0.15) is 22.0 Å². The highest BCUT2D eigenvalue weighted by Gasteiger charge is 2.28. The van der Waals surface area contributed by atoms with Crippen molar-refractivity contribution >= 4 is 5.91 Å². The molecule has 3 nitrogen and oxygen atoms in total. The number of hydrogen-bond acceptors (Lipinski definition) is 2. The van der Waals surface area contributed by atoms with Gasteiger partial charge in [-0.2, -0.15) is 0 Å². The van der Waals surface area contributed by atoms with Crippen molar-refractivity contribution in [3.8, 4) is 0 Å². The average Bonchev–Trinajstić information content (AvgIpc) is 2.56. The summed E-state index contributed by atoms with van der Waals surface area (Å²) in [6.07, 6.45) is 0. The van der Waals surface area contributed by atoms with E-state index in [9.17, 15) is 9.18 Å². The molecule has 3 rings (SSSR count). The minimum absolute atomic E-state index is 0.0333. The van der Waals surface area contributed by atoms with Crippen LogP contribution in [0.2, 0.25) is 0 Å². The van der Waals surface area contributed by atoms with Crippen LogP contribution in [0.5, 0.6) is 0 Å². The number of carbonyl (C=O) groups is 1. The highest BCUT2D eigenvalue weighted by Crippen LogP contribution is 2.24. The van der Waals surface area contributed by atoms with Gasteiger partial charge in [-0.3, -0.25) is 9.69 Å². The fourth-order valence-electron chi connectivity index (χ4n) is 2.87. The molecule has 114 valence electrons. The highest BCUT2D eigenvalue weighted by atomic mass is 19.1. The van der Waals surface area contributed by atoms with Gasteiger partial charge in [0.05, 0.1) is 6.04 Å². The molecule has 4 heteroatoms. The SMILES string of the molecule is CN1CCN(C(=O)c2ccc(F)cc2)CC1c1ccccc1. The van der Waals surface area contributed by atoms with Crippen LogP contribution in [0.15, 0.2) is 54.6 Å². The van der Waals surface area contributed by atoms with E-state index in [2.05, 4.69) is 24.1 Å². The largest absolute Gasteiger partial charge is 0.335 e. The number of rotatable bonds is 2. The molecule has 1 unspecified atom stereocenters. The van der Waals surface area contributed by atoms with Gasteiger partial charge in [0.1, 0.15) is 5.82 Å². The Bertz CT molecular complexity index is 642. The van der Waals surface area contributed by atoms with Gasteiger partial charge >= 0.3 is 0 Å². The van der Waals surface area contributed by atoms with Gasteiger partial charge in [-0.1, -0.05) is 30.3 Å². The molecule has 1 atom stereocenters. The zero-order valence-corrected chi connectivity index (χ0v) is 12.6. The Morgan fingerprint density at radius 2 is 1.73 bits per heavy atom. The third kappa shape index (κ3) is 3.02. The molecule has 0 aliphatic carbocycles. The quantitative estimate of drug-likeness (QED) is 0.851. The second kappa shape index (κ2) is 6.28. The van der Waals surface area contributed by atoms with Gasteiger partial charge in [0, 0.05) is 25.2 Å². The highest BCUT2D eigenvalue weighted by molar-refractivity contribution is 5.94. The lowest BCUT2D eigenvalue weighted by molar-refractivity contribution is 0.0546. The molecule has 22 heavy (non-hydrogen) atoms. The van der Waals surface area contributed by atoms with E-state index in [4.69, 9.17) is 0 Å². The van der Waals surface area contributed by atoms with Gasteiger partial charge in [0.25, 0.3) is 5.91 Å².